The number of benzene rings is 1. The van der Waals surface area contributed by atoms with Gasteiger partial charge in [-0.3, -0.25) is 19.2 Å². The van der Waals surface area contributed by atoms with Gasteiger partial charge < -0.3 is 19.3 Å². The number of hydrogen-bond acceptors (Lipinski definition) is 6. The van der Waals surface area contributed by atoms with Crippen LogP contribution in [0.25, 0.3) is 0 Å². The maximum absolute atomic E-state index is 12.7. The predicted molar refractivity (Wildman–Crippen MR) is 113 cm³/mol. The zero-order chi connectivity index (χ0) is 22.5. The Morgan fingerprint density at radius 3 is 2.32 bits per heavy atom. The summed E-state index contributed by atoms with van der Waals surface area (Å²) < 4.78 is 10.5. The third-order valence-electron chi connectivity index (χ3n) is 5.87. The van der Waals surface area contributed by atoms with Crippen LogP contribution in [0.5, 0.6) is 0 Å². The fourth-order valence-electron chi connectivity index (χ4n) is 4.01. The maximum atomic E-state index is 12.7. The van der Waals surface area contributed by atoms with Crippen molar-refractivity contribution < 1.29 is 28.7 Å². The molecule has 0 bridgehead atoms. The third-order valence-corrected chi connectivity index (χ3v) is 5.87. The Morgan fingerprint density at radius 1 is 1.06 bits per heavy atom. The van der Waals surface area contributed by atoms with Crippen LogP contribution in [0.1, 0.15) is 38.7 Å². The second kappa shape index (κ2) is 9.94. The summed E-state index contributed by atoms with van der Waals surface area (Å²) in [4.78, 5) is 52.7. The summed E-state index contributed by atoms with van der Waals surface area (Å²) in [5.41, 5.74) is 1.84. The molecule has 0 radical (unpaired) electrons. The molecule has 0 aliphatic carbocycles. The molecular weight excluding hydrogens is 400 g/mol. The number of esters is 2. The van der Waals surface area contributed by atoms with Crippen LogP contribution in [0.4, 0.5) is 5.69 Å². The highest BCUT2D eigenvalue weighted by Gasteiger charge is 2.38. The molecule has 1 aromatic carbocycles. The van der Waals surface area contributed by atoms with Crippen molar-refractivity contribution in [2.75, 3.05) is 31.1 Å². The van der Waals surface area contributed by atoms with Gasteiger partial charge in [-0.1, -0.05) is 17.7 Å². The van der Waals surface area contributed by atoms with E-state index in [4.69, 9.17) is 9.47 Å². The fraction of sp³-hybridized carbons (Fsp3) is 0.565. The smallest absolute Gasteiger partial charge is 0.312 e. The molecule has 0 aromatic heterocycles. The molecule has 2 fully saturated rings. The average Bonchev–Trinajstić information content (AvgIpc) is 3.15. The minimum absolute atomic E-state index is 0.0680. The van der Waals surface area contributed by atoms with Gasteiger partial charge in [-0.2, -0.15) is 0 Å². The summed E-state index contributed by atoms with van der Waals surface area (Å²) in [6.45, 7) is 6.72. The van der Waals surface area contributed by atoms with Crippen molar-refractivity contribution in [3.8, 4) is 0 Å². The van der Waals surface area contributed by atoms with E-state index >= 15 is 0 Å². The number of aryl methyl sites for hydroxylation is 1. The van der Waals surface area contributed by atoms with E-state index < -0.39 is 18.0 Å². The van der Waals surface area contributed by atoms with Crippen LogP contribution in [0.3, 0.4) is 0 Å². The van der Waals surface area contributed by atoms with Gasteiger partial charge >= 0.3 is 11.9 Å². The van der Waals surface area contributed by atoms with Crippen molar-refractivity contribution in [2.45, 2.75) is 46.1 Å². The van der Waals surface area contributed by atoms with E-state index in [1.54, 1.807) is 23.6 Å². The number of ether oxygens (including phenoxy) is 2. The largest absolute Gasteiger partial charge is 0.466 e. The molecule has 2 aliphatic heterocycles. The molecule has 0 unspecified atom stereocenters. The van der Waals surface area contributed by atoms with Crippen LogP contribution < -0.4 is 4.90 Å². The molecule has 2 heterocycles. The first kappa shape index (κ1) is 22.8. The molecule has 8 nitrogen and oxygen atoms in total. The summed E-state index contributed by atoms with van der Waals surface area (Å²) in [5.74, 6) is -1.97. The summed E-state index contributed by atoms with van der Waals surface area (Å²) >= 11 is 0. The van der Waals surface area contributed by atoms with Crippen LogP contribution in [0.15, 0.2) is 24.3 Å². The third kappa shape index (κ3) is 5.42. The van der Waals surface area contributed by atoms with Gasteiger partial charge in [-0.15, -0.1) is 0 Å². The number of likely N-dealkylation sites (tertiary alicyclic amines) is 1. The lowest BCUT2D eigenvalue weighted by molar-refractivity contribution is -0.163. The zero-order valence-corrected chi connectivity index (χ0v) is 18.3. The van der Waals surface area contributed by atoms with Gasteiger partial charge in [0.05, 0.1) is 18.4 Å². The lowest BCUT2D eigenvalue weighted by atomic mass is 9.96. The summed E-state index contributed by atoms with van der Waals surface area (Å²) in [6.07, 6.45) is 0.204. The first-order valence-electron chi connectivity index (χ1n) is 10.8. The van der Waals surface area contributed by atoms with Crippen LogP contribution in [-0.4, -0.2) is 61.0 Å². The first-order chi connectivity index (χ1) is 14.8. The summed E-state index contributed by atoms with van der Waals surface area (Å²) in [5, 5.41) is 0. The molecule has 0 N–H and O–H groups in total. The Hall–Kier alpha value is -2.90. The van der Waals surface area contributed by atoms with Gasteiger partial charge in [-0.25, -0.2) is 0 Å². The molecule has 0 saturated carbocycles. The molecule has 168 valence electrons. The van der Waals surface area contributed by atoms with E-state index in [1.165, 1.54) is 0 Å². The highest BCUT2D eigenvalue weighted by molar-refractivity contribution is 5.99. The number of carbonyl (C=O) groups excluding carboxylic acids is 4. The van der Waals surface area contributed by atoms with Crippen molar-refractivity contribution in [3.05, 3.63) is 29.8 Å². The quantitative estimate of drug-likeness (QED) is 0.642. The van der Waals surface area contributed by atoms with E-state index in [2.05, 4.69) is 0 Å². The minimum Gasteiger partial charge on any atom is -0.466 e. The Bertz CT molecular complexity index is 829. The Labute approximate surface area is 182 Å². The molecule has 2 aliphatic rings. The molecule has 2 atom stereocenters. The number of hydrogen-bond donors (Lipinski definition) is 0. The normalized spacial score (nSPS) is 20.5. The van der Waals surface area contributed by atoms with Gasteiger partial charge in [0.15, 0.2) is 6.10 Å². The van der Waals surface area contributed by atoms with Gasteiger partial charge in [0.25, 0.3) is 5.91 Å². The number of nitrogens with zero attached hydrogens (tertiary/aromatic N) is 2. The lowest BCUT2D eigenvalue weighted by Crippen LogP contribution is -2.46. The Balaban J connectivity index is 1.50. The molecular formula is C23H30N2O6. The molecule has 0 spiro atoms. The molecule has 2 amide bonds. The standard InChI is InChI=1S/C23H30N2O6/c1-4-30-22(28)17-9-11-24(12-10-17)21(27)16(3)31-23(29)18-13-20(26)25(14-18)19-7-5-15(2)6-8-19/h5-8,16-18H,4,9-14H2,1-3H3/t16-,18-/m0/s1. The van der Waals surface area contributed by atoms with Crippen molar-refractivity contribution in [2.24, 2.45) is 11.8 Å². The highest BCUT2D eigenvalue weighted by Crippen LogP contribution is 2.27. The van der Waals surface area contributed by atoms with Crippen LogP contribution >= 0.6 is 0 Å². The molecule has 1 aromatic rings. The SMILES string of the molecule is CCOC(=O)C1CCN(C(=O)[C@H](C)OC(=O)[C@H]2CC(=O)N(c3ccc(C)cc3)C2)CC1. The molecule has 3 rings (SSSR count). The fourth-order valence-corrected chi connectivity index (χ4v) is 4.01. The first-order valence-corrected chi connectivity index (χ1v) is 10.8. The van der Waals surface area contributed by atoms with E-state index in [-0.39, 0.29) is 36.7 Å². The van der Waals surface area contributed by atoms with Gasteiger partial charge in [-0.05, 0) is 45.7 Å². The number of piperidine rings is 1. The maximum Gasteiger partial charge on any atom is 0.312 e. The average molecular weight is 431 g/mol. The number of rotatable bonds is 6. The molecule has 2 saturated heterocycles. The van der Waals surface area contributed by atoms with Crippen molar-refractivity contribution in [3.63, 3.8) is 0 Å². The topological polar surface area (TPSA) is 93.2 Å². The van der Waals surface area contributed by atoms with E-state index in [0.29, 0.717) is 32.5 Å². The van der Waals surface area contributed by atoms with Gasteiger partial charge in [0.1, 0.15) is 0 Å². The predicted octanol–water partition coefficient (Wildman–Crippen LogP) is 2.08. The number of carbonyl (C=O) groups is 4. The Morgan fingerprint density at radius 2 is 1.71 bits per heavy atom. The van der Waals surface area contributed by atoms with Crippen LogP contribution in [0.2, 0.25) is 0 Å². The minimum atomic E-state index is -0.935. The second-order valence-electron chi connectivity index (χ2n) is 8.17. The molecule has 31 heavy (non-hydrogen) atoms. The van der Waals surface area contributed by atoms with Gasteiger partial charge in [0, 0.05) is 31.7 Å². The lowest BCUT2D eigenvalue weighted by Gasteiger charge is -2.32. The van der Waals surface area contributed by atoms with Gasteiger partial charge in [0.2, 0.25) is 5.91 Å². The number of amides is 2. The number of anilines is 1. The van der Waals surface area contributed by atoms with Crippen LogP contribution in [-0.2, 0) is 28.7 Å². The second-order valence-corrected chi connectivity index (χ2v) is 8.17. The monoisotopic (exact) mass is 430 g/mol. The summed E-state index contributed by atoms with van der Waals surface area (Å²) in [6, 6.07) is 7.54. The summed E-state index contributed by atoms with van der Waals surface area (Å²) in [7, 11) is 0. The Kier molecular flexibility index (Phi) is 7.30. The molecule has 8 heteroatoms. The zero-order valence-electron chi connectivity index (χ0n) is 18.3. The van der Waals surface area contributed by atoms with Crippen molar-refractivity contribution in [1.29, 1.82) is 0 Å². The van der Waals surface area contributed by atoms with Crippen LogP contribution in [0, 0.1) is 18.8 Å². The van der Waals surface area contributed by atoms with E-state index in [9.17, 15) is 19.2 Å². The van der Waals surface area contributed by atoms with E-state index in [1.807, 2.05) is 31.2 Å². The van der Waals surface area contributed by atoms with Crippen molar-refractivity contribution in [1.82, 2.24) is 4.90 Å². The van der Waals surface area contributed by atoms with Crippen molar-refractivity contribution >= 4 is 29.4 Å². The highest BCUT2D eigenvalue weighted by atomic mass is 16.5. The van der Waals surface area contributed by atoms with E-state index in [0.717, 1.165) is 11.3 Å².